The van der Waals surface area contributed by atoms with Crippen molar-refractivity contribution in [2.75, 3.05) is 0 Å². The molecule has 1 atom stereocenters. The van der Waals surface area contributed by atoms with E-state index in [1.807, 2.05) is 11.3 Å². The van der Waals surface area contributed by atoms with Crippen LogP contribution >= 0.6 is 11.3 Å². The van der Waals surface area contributed by atoms with Crippen LogP contribution in [0.2, 0.25) is 0 Å². The zero-order chi connectivity index (χ0) is 14.8. The molecule has 0 aliphatic rings. The van der Waals surface area contributed by atoms with E-state index >= 15 is 0 Å². The fourth-order valence-corrected chi connectivity index (χ4v) is 3.92. The summed E-state index contributed by atoms with van der Waals surface area (Å²) in [5, 5.41) is 1.29. The highest BCUT2D eigenvalue weighted by molar-refractivity contribution is 7.19. The fraction of sp³-hybridized carbons (Fsp3) is 0.222. The second-order valence-corrected chi connectivity index (χ2v) is 6.60. The largest absolute Gasteiger partial charge is 0.271 e. The predicted octanol–water partition coefficient (Wildman–Crippen LogP) is 4.27. The van der Waals surface area contributed by atoms with Gasteiger partial charge in [0.25, 0.3) is 0 Å². The van der Waals surface area contributed by atoms with Gasteiger partial charge in [-0.2, -0.15) is 0 Å². The summed E-state index contributed by atoms with van der Waals surface area (Å²) < 4.78 is 1.31. The molecule has 0 aliphatic heterocycles. The number of hydrogen-bond donors (Lipinski definition) is 2. The summed E-state index contributed by atoms with van der Waals surface area (Å²) in [6.45, 7) is 4.33. The normalized spacial score (nSPS) is 12.7. The maximum atomic E-state index is 5.83. The van der Waals surface area contributed by atoms with Gasteiger partial charge in [0, 0.05) is 9.58 Å². The first kappa shape index (κ1) is 14.3. The molecule has 0 radical (unpaired) electrons. The van der Waals surface area contributed by atoms with Crippen LogP contribution in [0.25, 0.3) is 10.1 Å². The minimum absolute atomic E-state index is 0.155. The summed E-state index contributed by atoms with van der Waals surface area (Å²) in [6, 6.07) is 17.3. The minimum Gasteiger partial charge on any atom is -0.271 e. The lowest BCUT2D eigenvalue weighted by molar-refractivity contribution is 0.558. The number of hydrogen-bond acceptors (Lipinski definition) is 3. The number of aryl methyl sites for hydroxylation is 2. The van der Waals surface area contributed by atoms with E-state index in [1.54, 1.807) is 0 Å². The van der Waals surface area contributed by atoms with E-state index in [9.17, 15) is 0 Å². The van der Waals surface area contributed by atoms with Crippen molar-refractivity contribution in [1.29, 1.82) is 0 Å². The first-order valence-electron chi connectivity index (χ1n) is 7.18. The Labute approximate surface area is 129 Å². The molecular weight excluding hydrogens is 276 g/mol. The smallest absolute Gasteiger partial charge is 0.0594 e. The van der Waals surface area contributed by atoms with Gasteiger partial charge in [0.05, 0.1) is 6.04 Å². The summed E-state index contributed by atoms with van der Waals surface area (Å²) in [7, 11) is 0. The van der Waals surface area contributed by atoms with E-state index in [4.69, 9.17) is 5.84 Å². The standard InChI is InChI=1S/C18H20N2S/c1-12-6-5-7-13(2)15(12)11-16(20-19)18-10-14-8-3-4-9-17(14)21-18/h3-10,16,20H,11,19H2,1-2H3. The number of nitrogens with two attached hydrogens (primary N) is 1. The zero-order valence-electron chi connectivity index (χ0n) is 12.4. The van der Waals surface area contributed by atoms with Gasteiger partial charge in [-0.15, -0.1) is 11.3 Å². The van der Waals surface area contributed by atoms with Gasteiger partial charge in [-0.3, -0.25) is 11.3 Å². The lowest BCUT2D eigenvalue weighted by Crippen LogP contribution is -2.29. The fourth-order valence-electron chi connectivity index (χ4n) is 2.79. The van der Waals surface area contributed by atoms with Crippen LogP contribution in [-0.4, -0.2) is 0 Å². The Hall–Kier alpha value is -1.68. The van der Waals surface area contributed by atoms with Crippen molar-refractivity contribution in [2.45, 2.75) is 26.3 Å². The molecule has 1 aromatic heterocycles. The Bertz CT molecular complexity index is 708. The van der Waals surface area contributed by atoms with E-state index in [1.165, 1.54) is 31.7 Å². The first-order valence-corrected chi connectivity index (χ1v) is 8.00. The van der Waals surface area contributed by atoms with Crippen molar-refractivity contribution in [3.8, 4) is 0 Å². The first-order chi connectivity index (χ1) is 10.2. The van der Waals surface area contributed by atoms with E-state index in [0.29, 0.717) is 0 Å². The van der Waals surface area contributed by atoms with Gasteiger partial charge in [0.1, 0.15) is 0 Å². The van der Waals surface area contributed by atoms with Gasteiger partial charge in [-0.25, -0.2) is 0 Å². The summed E-state index contributed by atoms with van der Waals surface area (Å²) in [5.74, 6) is 5.83. The molecule has 3 rings (SSSR count). The van der Waals surface area contributed by atoms with Crippen LogP contribution in [0.4, 0.5) is 0 Å². The number of thiophene rings is 1. The molecule has 1 unspecified atom stereocenters. The lowest BCUT2D eigenvalue weighted by Gasteiger charge is -2.17. The van der Waals surface area contributed by atoms with E-state index < -0.39 is 0 Å². The van der Waals surface area contributed by atoms with Crippen molar-refractivity contribution in [2.24, 2.45) is 5.84 Å². The number of hydrazine groups is 1. The molecule has 0 saturated carbocycles. The number of rotatable bonds is 4. The van der Waals surface area contributed by atoms with Gasteiger partial charge in [-0.1, -0.05) is 36.4 Å². The predicted molar refractivity (Wildman–Crippen MR) is 91.5 cm³/mol. The SMILES string of the molecule is Cc1cccc(C)c1CC(NN)c1cc2ccccc2s1. The highest BCUT2D eigenvalue weighted by atomic mass is 32.1. The van der Waals surface area contributed by atoms with Crippen LogP contribution in [-0.2, 0) is 6.42 Å². The maximum Gasteiger partial charge on any atom is 0.0594 e. The van der Waals surface area contributed by atoms with E-state index in [2.05, 4.69) is 67.8 Å². The molecule has 3 heteroatoms. The molecule has 0 bridgehead atoms. The quantitative estimate of drug-likeness (QED) is 0.557. The molecular formula is C18H20N2S. The molecule has 0 aliphatic carbocycles. The molecule has 2 aromatic carbocycles. The Morgan fingerprint density at radius 3 is 2.43 bits per heavy atom. The third-order valence-corrected chi connectivity index (χ3v) is 5.27. The van der Waals surface area contributed by atoms with Gasteiger partial charge >= 0.3 is 0 Å². The average molecular weight is 296 g/mol. The van der Waals surface area contributed by atoms with Crippen molar-refractivity contribution < 1.29 is 0 Å². The average Bonchev–Trinajstić information content (AvgIpc) is 2.90. The molecule has 0 amide bonds. The van der Waals surface area contributed by atoms with Crippen LogP contribution < -0.4 is 11.3 Å². The summed E-state index contributed by atoms with van der Waals surface area (Å²) >= 11 is 1.82. The Kier molecular flexibility index (Phi) is 4.06. The molecule has 108 valence electrons. The van der Waals surface area contributed by atoms with Crippen LogP contribution in [0.15, 0.2) is 48.5 Å². The van der Waals surface area contributed by atoms with Crippen molar-refractivity contribution >= 4 is 21.4 Å². The van der Waals surface area contributed by atoms with Crippen molar-refractivity contribution in [3.63, 3.8) is 0 Å². The monoisotopic (exact) mass is 296 g/mol. The molecule has 0 saturated heterocycles. The van der Waals surface area contributed by atoms with E-state index in [-0.39, 0.29) is 6.04 Å². The number of benzene rings is 2. The van der Waals surface area contributed by atoms with Crippen LogP contribution in [0.5, 0.6) is 0 Å². The molecule has 2 nitrogen and oxygen atoms in total. The van der Waals surface area contributed by atoms with Crippen molar-refractivity contribution in [3.05, 3.63) is 70.1 Å². The van der Waals surface area contributed by atoms with Crippen LogP contribution in [0.3, 0.4) is 0 Å². The zero-order valence-corrected chi connectivity index (χ0v) is 13.2. The van der Waals surface area contributed by atoms with Gasteiger partial charge in [0.2, 0.25) is 0 Å². The molecule has 3 N–H and O–H groups in total. The second kappa shape index (κ2) is 5.98. The summed E-state index contributed by atoms with van der Waals surface area (Å²) in [5.41, 5.74) is 7.04. The third-order valence-electron chi connectivity index (χ3n) is 4.04. The van der Waals surface area contributed by atoms with E-state index in [0.717, 1.165) is 6.42 Å². The lowest BCUT2D eigenvalue weighted by atomic mass is 9.96. The number of nitrogens with one attached hydrogen (secondary N) is 1. The van der Waals surface area contributed by atoms with Crippen LogP contribution in [0, 0.1) is 13.8 Å². The molecule has 21 heavy (non-hydrogen) atoms. The van der Waals surface area contributed by atoms with Crippen molar-refractivity contribution in [1.82, 2.24) is 5.43 Å². The number of fused-ring (bicyclic) bond motifs is 1. The third kappa shape index (κ3) is 2.86. The Morgan fingerprint density at radius 1 is 1.05 bits per heavy atom. The molecule has 3 aromatic rings. The topological polar surface area (TPSA) is 38.0 Å². The second-order valence-electron chi connectivity index (χ2n) is 5.48. The van der Waals surface area contributed by atoms with Gasteiger partial charge in [-0.05, 0) is 54.5 Å². The van der Waals surface area contributed by atoms with Gasteiger partial charge < -0.3 is 0 Å². The highest BCUT2D eigenvalue weighted by Gasteiger charge is 2.16. The van der Waals surface area contributed by atoms with Gasteiger partial charge in [0.15, 0.2) is 0 Å². The van der Waals surface area contributed by atoms with Crippen LogP contribution in [0.1, 0.15) is 27.6 Å². The minimum atomic E-state index is 0.155. The molecule has 1 heterocycles. The Morgan fingerprint density at radius 2 is 1.76 bits per heavy atom. The maximum absolute atomic E-state index is 5.83. The Balaban J connectivity index is 1.95. The summed E-state index contributed by atoms with van der Waals surface area (Å²) in [4.78, 5) is 1.29. The molecule has 0 spiro atoms. The summed E-state index contributed by atoms with van der Waals surface area (Å²) in [6.07, 6.45) is 0.918. The molecule has 0 fully saturated rings. The highest BCUT2D eigenvalue weighted by Crippen LogP contribution is 2.32.